The molecule has 4 rings (SSSR count). The largest absolute Gasteiger partial charge is 0.490 e. The average molecular weight is 483 g/mol. The molecule has 0 bridgehead atoms. The number of carboxylic acid groups (broad SMARTS) is 1. The third kappa shape index (κ3) is 5.22. The van der Waals surface area contributed by atoms with Gasteiger partial charge in [-0.15, -0.1) is 0 Å². The third-order valence-corrected chi connectivity index (χ3v) is 7.05. The first-order valence-corrected chi connectivity index (χ1v) is 11.7. The minimum Gasteiger partial charge on any atom is -0.475 e. The van der Waals surface area contributed by atoms with E-state index in [9.17, 15) is 21.6 Å². The predicted molar refractivity (Wildman–Crippen MR) is 119 cm³/mol. The van der Waals surface area contributed by atoms with Crippen LogP contribution in [0.4, 0.5) is 13.2 Å². The number of alkyl halides is 3. The number of nitrogens with zero attached hydrogens (tertiary/aromatic N) is 1. The SMILES string of the molecule is CC(C)(C)c1ccc(S(=O)(=O)n2cc3c4c(cccc42)CNCC3)cc1.O=C(O)C(F)(F)F. The molecule has 0 saturated heterocycles. The van der Waals surface area contributed by atoms with Gasteiger partial charge in [-0.25, -0.2) is 17.2 Å². The third-order valence-electron chi connectivity index (χ3n) is 5.37. The molecule has 178 valence electrons. The van der Waals surface area contributed by atoms with E-state index in [0.29, 0.717) is 4.90 Å². The zero-order chi connectivity index (χ0) is 24.6. The Hall–Kier alpha value is -2.85. The molecule has 0 aliphatic carbocycles. The molecule has 0 unspecified atom stereocenters. The van der Waals surface area contributed by atoms with Crippen molar-refractivity contribution in [1.82, 2.24) is 9.29 Å². The van der Waals surface area contributed by atoms with Crippen LogP contribution in [0.25, 0.3) is 10.9 Å². The van der Waals surface area contributed by atoms with Crippen LogP contribution in [-0.4, -0.2) is 36.2 Å². The summed E-state index contributed by atoms with van der Waals surface area (Å²) in [7, 11) is -3.62. The van der Waals surface area contributed by atoms with Gasteiger partial charge in [-0.1, -0.05) is 45.0 Å². The van der Waals surface area contributed by atoms with Crippen molar-refractivity contribution in [3.63, 3.8) is 0 Å². The first-order chi connectivity index (χ1) is 15.2. The van der Waals surface area contributed by atoms with Gasteiger partial charge >= 0.3 is 12.1 Å². The summed E-state index contributed by atoms with van der Waals surface area (Å²) in [6.45, 7) is 7.99. The van der Waals surface area contributed by atoms with Crippen LogP contribution in [0.2, 0.25) is 0 Å². The Morgan fingerprint density at radius 3 is 2.18 bits per heavy atom. The van der Waals surface area contributed by atoms with E-state index in [0.717, 1.165) is 47.1 Å². The molecule has 2 heterocycles. The Morgan fingerprint density at radius 1 is 1.03 bits per heavy atom. The summed E-state index contributed by atoms with van der Waals surface area (Å²) in [5.74, 6) is -2.76. The molecule has 0 radical (unpaired) electrons. The van der Waals surface area contributed by atoms with Crippen molar-refractivity contribution in [3.8, 4) is 0 Å². The van der Waals surface area contributed by atoms with Crippen LogP contribution in [0.1, 0.15) is 37.5 Å². The molecule has 3 aromatic rings. The Kier molecular flexibility index (Phi) is 6.63. The van der Waals surface area contributed by atoms with E-state index >= 15 is 0 Å². The Bertz CT molecular complexity index is 1270. The predicted octanol–water partition coefficient (Wildman–Crippen LogP) is 4.45. The van der Waals surface area contributed by atoms with Gasteiger partial charge < -0.3 is 10.4 Å². The topological polar surface area (TPSA) is 88.4 Å². The van der Waals surface area contributed by atoms with E-state index in [1.165, 1.54) is 3.97 Å². The second-order valence-electron chi connectivity index (χ2n) is 8.77. The molecule has 1 aliphatic heterocycles. The first kappa shape index (κ1) is 24.8. The van der Waals surface area contributed by atoms with Crippen molar-refractivity contribution in [2.24, 2.45) is 0 Å². The first-order valence-electron chi connectivity index (χ1n) is 10.2. The van der Waals surface area contributed by atoms with Crippen molar-refractivity contribution < 1.29 is 31.5 Å². The smallest absolute Gasteiger partial charge is 0.475 e. The number of carboxylic acids is 1. The summed E-state index contributed by atoms with van der Waals surface area (Å²) >= 11 is 0. The maximum Gasteiger partial charge on any atom is 0.490 e. The molecule has 2 N–H and O–H groups in total. The van der Waals surface area contributed by atoms with Crippen LogP contribution in [-0.2, 0) is 33.2 Å². The van der Waals surface area contributed by atoms with Gasteiger partial charge in [-0.2, -0.15) is 13.2 Å². The highest BCUT2D eigenvalue weighted by Crippen LogP contribution is 2.31. The minimum atomic E-state index is -5.08. The number of aliphatic carboxylic acids is 1. The van der Waals surface area contributed by atoms with Gasteiger partial charge in [0.05, 0.1) is 10.4 Å². The van der Waals surface area contributed by atoms with Crippen molar-refractivity contribution in [2.75, 3.05) is 6.54 Å². The molecule has 33 heavy (non-hydrogen) atoms. The summed E-state index contributed by atoms with van der Waals surface area (Å²) in [6, 6.07) is 13.2. The highest BCUT2D eigenvalue weighted by Gasteiger charge is 2.38. The van der Waals surface area contributed by atoms with E-state index in [4.69, 9.17) is 9.90 Å². The fourth-order valence-electron chi connectivity index (χ4n) is 3.64. The molecule has 0 spiro atoms. The lowest BCUT2D eigenvalue weighted by molar-refractivity contribution is -0.192. The maximum absolute atomic E-state index is 13.3. The van der Waals surface area contributed by atoms with Gasteiger partial charge in [-0.05, 0) is 53.3 Å². The molecular formula is C23H25F3N2O4S. The van der Waals surface area contributed by atoms with Crippen LogP contribution in [0.5, 0.6) is 0 Å². The second kappa shape index (κ2) is 8.83. The molecule has 1 aliphatic rings. The van der Waals surface area contributed by atoms with Crippen LogP contribution in [0, 0.1) is 0 Å². The maximum atomic E-state index is 13.3. The zero-order valence-electron chi connectivity index (χ0n) is 18.4. The van der Waals surface area contributed by atoms with Gasteiger partial charge in [0.15, 0.2) is 0 Å². The number of hydrogen-bond donors (Lipinski definition) is 2. The van der Waals surface area contributed by atoms with Crippen LogP contribution < -0.4 is 5.32 Å². The van der Waals surface area contributed by atoms with E-state index in [-0.39, 0.29) is 5.41 Å². The van der Waals surface area contributed by atoms with Crippen LogP contribution in [0.3, 0.4) is 0 Å². The van der Waals surface area contributed by atoms with E-state index in [1.807, 2.05) is 24.3 Å². The number of halogens is 3. The van der Waals surface area contributed by atoms with Gasteiger partial charge in [0.1, 0.15) is 0 Å². The van der Waals surface area contributed by atoms with Crippen LogP contribution >= 0.6 is 0 Å². The second-order valence-corrected chi connectivity index (χ2v) is 10.6. The Balaban J connectivity index is 0.000000383. The van der Waals surface area contributed by atoms with Gasteiger partial charge in [0.25, 0.3) is 10.0 Å². The van der Waals surface area contributed by atoms with Crippen LogP contribution in [0.15, 0.2) is 53.6 Å². The molecule has 0 atom stereocenters. The fraction of sp³-hybridized carbons (Fsp3) is 0.348. The molecule has 0 saturated carbocycles. The number of nitrogens with one attached hydrogen (secondary N) is 1. The summed E-state index contributed by atoms with van der Waals surface area (Å²) in [5, 5.41) is 11.6. The van der Waals surface area contributed by atoms with Crippen molar-refractivity contribution in [3.05, 3.63) is 65.4 Å². The summed E-state index contributed by atoms with van der Waals surface area (Å²) in [4.78, 5) is 9.22. The summed E-state index contributed by atoms with van der Waals surface area (Å²) in [6.07, 6.45) is -2.45. The lowest BCUT2D eigenvalue weighted by Gasteiger charge is -2.19. The summed E-state index contributed by atoms with van der Waals surface area (Å²) in [5.41, 5.74) is 4.13. The molecular weight excluding hydrogens is 457 g/mol. The Morgan fingerprint density at radius 2 is 1.64 bits per heavy atom. The molecule has 10 heteroatoms. The molecule has 0 fully saturated rings. The fourth-order valence-corrected chi connectivity index (χ4v) is 5.02. The average Bonchev–Trinajstić information content (AvgIpc) is 2.98. The van der Waals surface area contributed by atoms with Crippen molar-refractivity contribution in [1.29, 1.82) is 0 Å². The standard InChI is InChI=1S/C21H24N2O2S.C2HF3O2/c1-21(2,3)17-7-9-18(10-8-17)26(24,25)23-14-16-11-12-22-13-15-5-4-6-19(23)20(15)16;3-2(4,5)1(6)7/h4-10,14,22H,11-13H2,1-3H3;(H,6,7). The molecule has 1 aromatic heterocycles. The van der Waals surface area contributed by atoms with E-state index < -0.39 is 22.2 Å². The minimum absolute atomic E-state index is 0.00545. The number of aromatic nitrogens is 1. The Labute approximate surface area is 190 Å². The highest BCUT2D eigenvalue weighted by molar-refractivity contribution is 7.90. The zero-order valence-corrected chi connectivity index (χ0v) is 19.2. The number of carbonyl (C=O) groups is 1. The highest BCUT2D eigenvalue weighted by atomic mass is 32.2. The lowest BCUT2D eigenvalue weighted by Crippen LogP contribution is -2.21. The number of hydrogen-bond acceptors (Lipinski definition) is 4. The molecule has 0 amide bonds. The van der Waals surface area contributed by atoms with Crippen molar-refractivity contribution >= 4 is 26.9 Å². The quantitative estimate of drug-likeness (QED) is 0.563. The molecule has 2 aromatic carbocycles. The van der Waals surface area contributed by atoms with Crippen molar-refractivity contribution in [2.45, 2.75) is 50.2 Å². The monoisotopic (exact) mass is 482 g/mol. The van der Waals surface area contributed by atoms with E-state index in [1.54, 1.807) is 18.3 Å². The lowest BCUT2D eigenvalue weighted by atomic mass is 9.87. The van der Waals surface area contributed by atoms with Gasteiger partial charge in [0.2, 0.25) is 0 Å². The van der Waals surface area contributed by atoms with Gasteiger partial charge in [-0.3, -0.25) is 0 Å². The van der Waals surface area contributed by atoms with E-state index in [2.05, 4.69) is 32.2 Å². The summed E-state index contributed by atoms with van der Waals surface area (Å²) < 4.78 is 59.8. The van der Waals surface area contributed by atoms with Gasteiger partial charge in [0, 0.05) is 18.1 Å². The normalized spacial score (nSPS) is 14.4. The number of rotatable bonds is 2. The molecule has 6 nitrogen and oxygen atoms in total. The number of benzene rings is 2.